The molecule has 0 saturated heterocycles. The summed E-state index contributed by atoms with van der Waals surface area (Å²) in [4.78, 5) is 18.4. The summed E-state index contributed by atoms with van der Waals surface area (Å²) in [5.41, 5.74) is 1.84. The van der Waals surface area contributed by atoms with E-state index < -0.39 is 0 Å². The minimum absolute atomic E-state index is 0.0155. The summed E-state index contributed by atoms with van der Waals surface area (Å²) < 4.78 is 0. The van der Waals surface area contributed by atoms with Crippen LogP contribution in [-0.4, -0.2) is 10.9 Å². The Morgan fingerprint density at radius 2 is 1.56 bits per heavy atom. The average molecular weight is 348 g/mol. The van der Waals surface area contributed by atoms with Crippen LogP contribution >= 0.6 is 11.8 Å². The molecule has 1 aromatic heterocycles. The number of hydrogen-bond acceptors (Lipinski definition) is 3. The summed E-state index contributed by atoms with van der Waals surface area (Å²) in [6, 6.07) is 25.4. The van der Waals surface area contributed by atoms with Crippen molar-refractivity contribution < 1.29 is 4.79 Å². The van der Waals surface area contributed by atoms with Gasteiger partial charge in [-0.25, -0.2) is 0 Å². The maximum Gasteiger partial charge on any atom is 0.238 e. The molecule has 4 heteroatoms. The second kappa shape index (κ2) is 8.49. The Balaban J connectivity index is 1.80. The molecule has 2 unspecified atom stereocenters. The zero-order chi connectivity index (χ0) is 17.5. The van der Waals surface area contributed by atoms with Gasteiger partial charge in [0.25, 0.3) is 0 Å². The zero-order valence-electron chi connectivity index (χ0n) is 14.0. The van der Waals surface area contributed by atoms with Crippen LogP contribution in [0.2, 0.25) is 0 Å². The van der Waals surface area contributed by atoms with E-state index in [9.17, 15) is 4.79 Å². The number of thioether (sulfide) groups is 1. The van der Waals surface area contributed by atoms with E-state index in [0.29, 0.717) is 0 Å². The molecule has 0 fully saturated rings. The third kappa shape index (κ3) is 4.70. The first-order chi connectivity index (χ1) is 12.2. The van der Waals surface area contributed by atoms with E-state index >= 15 is 0 Å². The second-order valence-electron chi connectivity index (χ2n) is 5.71. The van der Waals surface area contributed by atoms with Crippen LogP contribution in [0, 0.1) is 0 Å². The van der Waals surface area contributed by atoms with Gasteiger partial charge in [0.2, 0.25) is 5.91 Å². The molecule has 0 aliphatic carbocycles. The summed E-state index contributed by atoms with van der Waals surface area (Å²) in [6.45, 7) is 1.95. The molecule has 1 N–H and O–H groups in total. The molecule has 0 radical (unpaired) electrons. The highest BCUT2D eigenvalue weighted by molar-refractivity contribution is 8.00. The van der Waals surface area contributed by atoms with Crippen molar-refractivity contribution in [2.45, 2.75) is 23.1 Å². The topological polar surface area (TPSA) is 42.0 Å². The van der Waals surface area contributed by atoms with Gasteiger partial charge < -0.3 is 5.32 Å². The molecular formula is C21H20N2OS. The Bertz CT molecular complexity index is 794. The SMILES string of the molecule is CC(NC(=O)C(Sc1ccccc1)c1ccccc1)c1ccccn1. The Hall–Kier alpha value is -2.59. The average Bonchev–Trinajstić information content (AvgIpc) is 2.68. The van der Waals surface area contributed by atoms with Crippen LogP contribution in [0.3, 0.4) is 0 Å². The Labute approximate surface area is 152 Å². The number of nitrogens with zero attached hydrogens (tertiary/aromatic N) is 1. The normalized spacial score (nSPS) is 13.0. The first-order valence-corrected chi connectivity index (χ1v) is 9.10. The van der Waals surface area contributed by atoms with Gasteiger partial charge in [0, 0.05) is 11.1 Å². The van der Waals surface area contributed by atoms with Crippen LogP contribution in [0.5, 0.6) is 0 Å². The largest absolute Gasteiger partial charge is 0.347 e. The molecule has 3 nitrogen and oxygen atoms in total. The molecule has 0 saturated carbocycles. The molecule has 2 atom stereocenters. The van der Waals surface area contributed by atoms with E-state index in [4.69, 9.17) is 0 Å². The predicted octanol–water partition coefficient (Wildman–Crippen LogP) is 4.79. The summed E-state index contributed by atoms with van der Waals surface area (Å²) >= 11 is 1.55. The number of aromatic nitrogens is 1. The van der Waals surface area contributed by atoms with Gasteiger partial charge in [-0.2, -0.15) is 0 Å². The van der Waals surface area contributed by atoms with Crippen molar-refractivity contribution >= 4 is 17.7 Å². The number of hydrogen-bond donors (Lipinski definition) is 1. The van der Waals surface area contributed by atoms with E-state index in [1.807, 2.05) is 85.8 Å². The number of benzene rings is 2. The fourth-order valence-electron chi connectivity index (χ4n) is 2.53. The van der Waals surface area contributed by atoms with Crippen molar-refractivity contribution in [1.82, 2.24) is 10.3 Å². The smallest absolute Gasteiger partial charge is 0.238 e. The van der Waals surface area contributed by atoms with Crippen LogP contribution in [0.1, 0.15) is 29.5 Å². The van der Waals surface area contributed by atoms with Gasteiger partial charge >= 0.3 is 0 Å². The lowest BCUT2D eigenvalue weighted by Crippen LogP contribution is -2.30. The van der Waals surface area contributed by atoms with Crippen LogP contribution in [0.15, 0.2) is 90.0 Å². The van der Waals surface area contributed by atoms with Crippen LogP contribution in [-0.2, 0) is 4.79 Å². The monoisotopic (exact) mass is 348 g/mol. The van der Waals surface area contributed by atoms with E-state index in [1.165, 1.54) is 0 Å². The molecule has 0 spiro atoms. The molecule has 1 amide bonds. The number of rotatable bonds is 6. The van der Waals surface area contributed by atoms with Crippen molar-refractivity contribution in [3.63, 3.8) is 0 Å². The minimum Gasteiger partial charge on any atom is -0.347 e. The third-order valence-corrected chi connectivity index (χ3v) is 5.09. The fraction of sp³-hybridized carbons (Fsp3) is 0.143. The molecule has 0 aliphatic rings. The molecule has 126 valence electrons. The molecule has 3 aromatic rings. The molecule has 2 aromatic carbocycles. The van der Waals surface area contributed by atoms with E-state index in [-0.39, 0.29) is 17.2 Å². The lowest BCUT2D eigenvalue weighted by molar-refractivity contribution is -0.121. The lowest BCUT2D eigenvalue weighted by atomic mass is 10.1. The van der Waals surface area contributed by atoms with Gasteiger partial charge in [-0.05, 0) is 36.8 Å². The second-order valence-corrected chi connectivity index (χ2v) is 6.89. The van der Waals surface area contributed by atoms with Crippen LogP contribution < -0.4 is 5.32 Å². The minimum atomic E-state index is -0.310. The first-order valence-electron chi connectivity index (χ1n) is 8.22. The van der Waals surface area contributed by atoms with Gasteiger partial charge in [-0.3, -0.25) is 9.78 Å². The Morgan fingerprint density at radius 3 is 2.20 bits per heavy atom. The number of pyridine rings is 1. The van der Waals surface area contributed by atoms with E-state index in [2.05, 4.69) is 10.3 Å². The lowest BCUT2D eigenvalue weighted by Gasteiger charge is -2.20. The summed E-state index contributed by atoms with van der Waals surface area (Å²) in [7, 11) is 0. The molecule has 0 bridgehead atoms. The van der Waals surface area contributed by atoms with E-state index in [0.717, 1.165) is 16.2 Å². The number of nitrogens with one attached hydrogen (secondary N) is 1. The van der Waals surface area contributed by atoms with Crippen molar-refractivity contribution in [1.29, 1.82) is 0 Å². The number of carbonyl (C=O) groups excluding carboxylic acids is 1. The van der Waals surface area contributed by atoms with Gasteiger partial charge in [0.05, 0.1) is 11.7 Å². The van der Waals surface area contributed by atoms with Gasteiger partial charge in [0.15, 0.2) is 0 Å². The van der Waals surface area contributed by atoms with E-state index in [1.54, 1.807) is 18.0 Å². The zero-order valence-corrected chi connectivity index (χ0v) is 14.8. The van der Waals surface area contributed by atoms with Crippen LogP contribution in [0.25, 0.3) is 0 Å². The van der Waals surface area contributed by atoms with Crippen molar-refractivity contribution in [3.8, 4) is 0 Å². The highest BCUT2D eigenvalue weighted by Crippen LogP contribution is 2.35. The highest BCUT2D eigenvalue weighted by Gasteiger charge is 2.23. The van der Waals surface area contributed by atoms with Gasteiger partial charge in [0.1, 0.15) is 5.25 Å². The fourth-order valence-corrected chi connectivity index (χ4v) is 3.59. The van der Waals surface area contributed by atoms with Crippen LogP contribution in [0.4, 0.5) is 0 Å². The predicted molar refractivity (Wildman–Crippen MR) is 102 cm³/mol. The highest BCUT2D eigenvalue weighted by atomic mass is 32.2. The van der Waals surface area contributed by atoms with Crippen molar-refractivity contribution in [2.24, 2.45) is 0 Å². The summed E-state index contributed by atoms with van der Waals surface area (Å²) in [6.07, 6.45) is 1.74. The Kier molecular flexibility index (Phi) is 5.86. The van der Waals surface area contributed by atoms with Crippen molar-refractivity contribution in [2.75, 3.05) is 0 Å². The quantitative estimate of drug-likeness (QED) is 0.651. The summed E-state index contributed by atoms with van der Waals surface area (Å²) in [5, 5.41) is 2.78. The maximum absolute atomic E-state index is 13.0. The summed E-state index contributed by atoms with van der Waals surface area (Å²) in [5.74, 6) is -0.0155. The maximum atomic E-state index is 13.0. The molecule has 25 heavy (non-hydrogen) atoms. The number of carbonyl (C=O) groups is 1. The molecule has 1 heterocycles. The molecule has 3 rings (SSSR count). The van der Waals surface area contributed by atoms with Crippen molar-refractivity contribution in [3.05, 3.63) is 96.3 Å². The first kappa shape index (κ1) is 17.2. The molecule has 0 aliphatic heterocycles. The Morgan fingerprint density at radius 1 is 0.920 bits per heavy atom. The number of amides is 1. The standard InChI is InChI=1S/C21H20N2OS/c1-16(19-14-8-9-15-22-19)23-21(24)20(17-10-4-2-5-11-17)25-18-12-6-3-7-13-18/h2-16,20H,1H3,(H,23,24). The third-order valence-electron chi connectivity index (χ3n) is 3.83. The van der Waals surface area contributed by atoms with Gasteiger partial charge in [-0.1, -0.05) is 54.6 Å². The van der Waals surface area contributed by atoms with Gasteiger partial charge in [-0.15, -0.1) is 11.8 Å². The molecular weight excluding hydrogens is 328 g/mol.